The second kappa shape index (κ2) is 7.05. The van der Waals surface area contributed by atoms with Crippen LogP contribution in [0.5, 0.6) is 0 Å². The van der Waals surface area contributed by atoms with Gasteiger partial charge in [-0.15, -0.1) is 0 Å². The molecule has 6 nitrogen and oxygen atoms in total. The van der Waals surface area contributed by atoms with Gasteiger partial charge in [-0.1, -0.05) is 24.4 Å². The van der Waals surface area contributed by atoms with E-state index in [9.17, 15) is 9.59 Å². The Bertz CT molecular complexity index is 741. The summed E-state index contributed by atoms with van der Waals surface area (Å²) in [4.78, 5) is 24.0. The van der Waals surface area contributed by atoms with Gasteiger partial charge in [0.25, 0.3) is 5.91 Å². The van der Waals surface area contributed by atoms with Crippen LogP contribution in [-0.4, -0.2) is 27.6 Å². The fourth-order valence-corrected chi connectivity index (χ4v) is 3.20. The predicted octanol–water partition coefficient (Wildman–Crippen LogP) is 2.30. The molecular formula is C17H19ClN4O2. The Kier molecular flexibility index (Phi) is 4.85. The summed E-state index contributed by atoms with van der Waals surface area (Å²) in [6.07, 6.45) is 5.14. The maximum Gasteiger partial charge on any atom is 0.272 e. The van der Waals surface area contributed by atoms with Gasteiger partial charge >= 0.3 is 0 Å². The first-order valence-corrected chi connectivity index (χ1v) is 8.34. The van der Waals surface area contributed by atoms with Gasteiger partial charge in [-0.05, 0) is 43.2 Å². The quantitative estimate of drug-likeness (QED) is 0.890. The van der Waals surface area contributed by atoms with Crippen LogP contribution in [0, 0.1) is 5.92 Å². The normalized spacial score (nSPS) is 20.5. The van der Waals surface area contributed by atoms with E-state index in [0.717, 1.165) is 31.4 Å². The van der Waals surface area contributed by atoms with Crippen LogP contribution in [0.15, 0.2) is 36.5 Å². The topological polar surface area (TPSA) is 90.0 Å². The molecule has 126 valence electrons. The Labute approximate surface area is 145 Å². The van der Waals surface area contributed by atoms with E-state index in [-0.39, 0.29) is 23.8 Å². The lowest BCUT2D eigenvalue weighted by Crippen LogP contribution is -2.47. The summed E-state index contributed by atoms with van der Waals surface area (Å²) in [5.74, 6) is -0.950. The van der Waals surface area contributed by atoms with Crippen LogP contribution in [-0.2, 0) is 4.79 Å². The number of primary amides is 1. The van der Waals surface area contributed by atoms with Crippen molar-refractivity contribution in [3.63, 3.8) is 0 Å². The summed E-state index contributed by atoms with van der Waals surface area (Å²) in [7, 11) is 0. The Balaban J connectivity index is 1.71. The van der Waals surface area contributed by atoms with Crippen molar-refractivity contribution in [2.24, 2.45) is 11.7 Å². The fourth-order valence-electron chi connectivity index (χ4n) is 3.07. The van der Waals surface area contributed by atoms with Crippen LogP contribution in [0.3, 0.4) is 0 Å². The molecule has 3 N–H and O–H groups in total. The van der Waals surface area contributed by atoms with Crippen molar-refractivity contribution >= 4 is 23.4 Å². The second-order valence-electron chi connectivity index (χ2n) is 6.00. The zero-order valence-corrected chi connectivity index (χ0v) is 13.9. The van der Waals surface area contributed by atoms with Crippen molar-refractivity contribution in [3.8, 4) is 5.69 Å². The molecule has 1 aromatic heterocycles. The first-order chi connectivity index (χ1) is 11.5. The number of nitrogens with two attached hydrogens (primary N) is 1. The molecule has 1 saturated carbocycles. The summed E-state index contributed by atoms with van der Waals surface area (Å²) >= 11 is 5.87. The lowest BCUT2D eigenvalue weighted by Gasteiger charge is -2.29. The highest BCUT2D eigenvalue weighted by Gasteiger charge is 2.31. The van der Waals surface area contributed by atoms with E-state index in [0.29, 0.717) is 10.7 Å². The third-order valence-corrected chi connectivity index (χ3v) is 4.61. The van der Waals surface area contributed by atoms with Crippen molar-refractivity contribution < 1.29 is 9.59 Å². The lowest BCUT2D eigenvalue weighted by atomic mass is 9.84. The molecular weight excluding hydrogens is 328 g/mol. The molecule has 1 aliphatic rings. The Morgan fingerprint density at radius 1 is 1.17 bits per heavy atom. The minimum Gasteiger partial charge on any atom is -0.369 e. The third-order valence-electron chi connectivity index (χ3n) is 4.36. The average Bonchev–Trinajstić information content (AvgIpc) is 3.06. The molecule has 1 aromatic carbocycles. The molecule has 2 aromatic rings. The van der Waals surface area contributed by atoms with Gasteiger partial charge in [0, 0.05) is 17.3 Å². The van der Waals surface area contributed by atoms with Gasteiger partial charge in [-0.3, -0.25) is 9.59 Å². The van der Waals surface area contributed by atoms with E-state index >= 15 is 0 Å². The molecule has 0 spiro atoms. The minimum atomic E-state index is -0.355. The molecule has 0 unspecified atom stereocenters. The highest BCUT2D eigenvalue weighted by atomic mass is 35.5. The molecule has 1 fully saturated rings. The van der Waals surface area contributed by atoms with Crippen LogP contribution in [0.2, 0.25) is 5.02 Å². The number of hydrogen-bond donors (Lipinski definition) is 2. The molecule has 24 heavy (non-hydrogen) atoms. The Hall–Kier alpha value is -2.34. The first kappa shape index (κ1) is 16.5. The van der Waals surface area contributed by atoms with E-state index < -0.39 is 0 Å². The molecule has 3 rings (SSSR count). The zero-order valence-electron chi connectivity index (χ0n) is 13.1. The van der Waals surface area contributed by atoms with Crippen molar-refractivity contribution in [1.29, 1.82) is 0 Å². The van der Waals surface area contributed by atoms with Crippen LogP contribution in [0.1, 0.15) is 36.2 Å². The number of carbonyl (C=O) groups excluding carboxylic acids is 2. The summed E-state index contributed by atoms with van der Waals surface area (Å²) in [5.41, 5.74) is 6.56. The highest BCUT2D eigenvalue weighted by Crippen LogP contribution is 2.24. The molecule has 0 radical (unpaired) electrons. The molecule has 0 saturated heterocycles. The van der Waals surface area contributed by atoms with Crippen molar-refractivity contribution in [2.45, 2.75) is 31.7 Å². The van der Waals surface area contributed by atoms with E-state index in [1.165, 1.54) is 0 Å². The SMILES string of the molecule is NC(=O)[C@@H]1CCCC[C@H]1NC(=O)c1ccn(-c2ccc(Cl)cc2)n1. The third kappa shape index (κ3) is 3.59. The molecule has 7 heteroatoms. The summed E-state index contributed by atoms with van der Waals surface area (Å²) in [6, 6.07) is 8.59. The van der Waals surface area contributed by atoms with Crippen molar-refractivity contribution in [1.82, 2.24) is 15.1 Å². The molecule has 0 bridgehead atoms. The number of aromatic nitrogens is 2. The van der Waals surface area contributed by atoms with Crippen LogP contribution in [0.4, 0.5) is 0 Å². The number of rotatable bonds is 4. The minimum absolute atomic E-state index is 0.218. The summed E-state index contributed by atoms with van der Waals surface area (Å²) in [5, 5.41) is 7.83. The van der Waals surface area contributed by atoms with E-state index in [2.05, 4.69) is 10.4 Å². The monoisotopic (exact) mass is 346 g/mol. The van der Waals surface area contributed by atoms with E-state index in [4.69, 9.17) is 17.3 Å². The standard InChI is InChI=1S/C17H19ClN4O2/c18-11-5-7-12(8-6-11)22-10-9-15(21-22)17(24)20-14-4-2-1-3-13(14)16(19)23/h5-10,13-14H,1-4H2,(H2,19,23)(H,20,24)/t13-,14-/m1/s1. The van der Waals surface area contributed by atoms with Gasteiger partial charge in [-0.25, -0.2) is 4.68 Å². The number of benzene rings is 1. The zero-order chi connectivity index (χ0) is 17.1. The molecule has 0 aliphatic heterocycles. The maximum absolute atomic E-state index is 12.4. The fraction of sp³-hybridized carbons (Fsp3) is 0.353. The second-order valence-corrected chi connectivity index (χ2v) is 6.43. The number of carbonyl (C=O) groups is 2. The van der Waals surface area contributed by atoms with Gasteiger partial charge < -0.3 is 11.1 Å². The van der Waals surface area contributed by atoms with E-state index in [1.807, 2.05) is 12.1 Å². The maximum atomic E-state index is 12.4. The average molecular weight is 347 g/mol. The van der Waals surface area contributed by atoms with Gasteiger partial charge in [0.15, 0.2) is 5.69 Å². The number of nitrogens with one attached hydrogen (secondary N) is 1. The van der Waals surface area contributed by atoms with Crippen molar-refractivity contribution in [3.05, 3.63) is 47.2 Å². The van der Waals surface area contributed by atoms with Gasteiger partial charge in [0.1, 0.15) is 0 Å². The van der Waals surface area contributed by atoms with Gasteiger partial charge in [0.2, 0.25) is 5.91 Å². The first-order valence-electron chi connectivity index (χ1n) is 7.96. The lowest BCUT2D eigenvalue weighted by molar-refractivity contribution is -0.123. The summed E-state index contributed by atoms with van der Waals surface area (Å²) < 4.78 is 1.61. The molecule has 1 heterocycles. The van der Waals surface area contributed by atoms with Crippen molar-refractivity contribution in [2.75, 3.05) is 0 Å². The molecule has 1 aliphatic carbocycles. The smallest absolute Gasteiger partial charge is 0.272 e. The summed E-state index contributed by atoms with van der Waals surface area (Å²) in [6.45, 7) is 0. The highest BCUT2D eigenvalue weighted by molar-refractivity contribution is 6.30. The van der Waals surface area contributed by atoms with Crippen LogP contribution < -0.4 is 11.1 Å². The molecule has 2 amide bonds. The number of halogens is 1. The largest absolute Gasteiger partial charge is 0.369 e. The van der Waals surface area contributed by atoms with Crippen LogP contribution in [0.25, 0.3) is 5.69 Å². The number of hydrogen-bond acceptors (Lipinski definition) is 3. The predicted molar refractivity (Wildman–Crippen MR) is 91.0 cm³/mol. The Morgan fingerprint density at radius 2 is 1.88 bits per heavy atom. The Morgan fingerprint density at radius 3 is 2.58 bits per heavy atom. The number of amides is 2. The molecule has 2 atom stereocenters. The van der Waals surface area contributed by atoms with Gasteiger partial charge in [-0.2, -0.15) is 5.10 Å². The van der Waals surface area contributed by atoms with Crippen LogP contribution >= 0.6 is 11.6 Å². The van der Waals surface area contributed by atoms with E-state index in [1.54, 1.807) is 29.1 Å². The van der Waals surface area contributed by atoms with Gasteiger partial charge in [0.05, 0.1) is 11.6 Å². The number of nitrogens with zero attached hydrogens (tertiary/aromatic N) is 2.